The van der Waals surface area contributed by atoms with Crippen LogP contribution in [0.5, 0.6) is 0 Å². The van der Waals surface area contributed by atoms with Crippen molar-refractivity contribution >= 4 is 17.6 Å². The molecule has 1 aromatic rings. The van der Waals surface area contributed by atoms with Crippen molar-refractivity contribution in [3.8, 4) is 0 Å². The van der Waals surface area contributed by atoms with Gasteiger partial charge in [0.15, 0.2) is 0 Å². The van der Waals surface area contributed by atoms with Crippen molar-refractivity contribution in [1.29, 1.82) is 0 Å². The van der Waals surface area contributed by atoms with Gasteiger partial charge in [0.2, 0.25) is 0 Å². The molecule has 0 saturated heterocycles. The molecule has 0 radical (unpaired) electrons. The van der Waals surface area contributed by atoms with Crippen molar-refractivity contribution in [2.45, 2.75) is 62.9 Å². The lowest BCUT2D eigenvalue weighted by Crippen LogP contribution is -2.18. The number of hydrogen-bond acceptors (Lipinski definition) is 5. The Morgan fingerprint density at radius 2 is 2.00 bits per heavy atom. The van der Waals surface area contributed by atoms with Gasteiger partial charge in [0.05, 0.1) is 5.69 Å². The van der Waals surface area contributed by atoms with Crippen LogP contribution in [0.15, 0.2) is 0 Å². The summed E-state index contributed by atoms with van der Waals surface area (Å²) in [5, 5.41) is 0. The molecule has 1 saturated carbocycles. The molecule has 1 fully saturated rings. The molecular weight excluding hydrogens is 268 g/mol. The number of nitrogens with one attached hydrogen (secondary N) is 1. The minimum Gasteiger partial charge on any atom is -0.308 e. The first kappa shape index (κ1) is 14.1. The first-order valence-electron chi connectivity index (χ1n) is 7.75. The normalized spacial score (nSPS) is 25.5. The lowest BCUT2D eigenvalue weighted by atomic mass is 9.79. The molecule has 1 aliphatic heterocycles. The maximum Gasteiger partial charge on any atom is 0.148 e. The van der Waals surface area contributed by atoms with Gasteiger partial charge in [0.1, 0.15) is 11.6 Å². The molecule has 1 aromatic heterocycles. The molecular formula is C15H24N4S. The average Bonchev–Trinajstić information content (AvgIpc) is 2.95. The van der Waals surface area contributed by atoms with E-state index in [1.165, 1.54) is 49.8 Å². The number of anilines is 1. The number of thioether (sulfide) groups is 1. The highest BCUT2D eigenvalue weighted by atomic mass is 32.2. The highest BCUT2D eigenvalue weighted by molar-refractivity contribution is 7.98. The molecule has 2 heterocycles. The average molecular weight is 292 g/mol. The van der Waals surface area contributed by atoms with Gasteiger partial charge in [-0.2, -0.15) is 11.8 Å². The number of nitrogens with zero attached hydrogens (tertiary/aromatic N) is 2. The number of hydrazine groups is 1. The summed E-state index contributed by atoms with van der Waals surface area (Å²) in [5.41, 5.74) is 5.18. The van der Waals surface area contributed by atoms with Gasteiger partial charge in [-0.15, -0.1) is 0 Å². The number of nitrogens with two attached hydrogens (primary N) is 1. The van der Waals surface area contributed by atoms with E-state index in [1.807, 2.05) is 11.8 Å². The fraction of sp³-hybridized carbons (Fsp3) is 0.733. The third-order valence-electron chi connectivity index (χ3n) is 4.64. The minimum atomic E-state index is 0.533. The number of fused-ring (bicyclic) bond motifs is 1. The predicted molar refractivity (Wildman–Crippen MR) is 84.4 cm³/mol. The Morgan fingerprint density at radius 1 is 1.20 bits per heavy atom. The van der Waals surface area contributed by atoms with Gasteiger partial charge in [0.25, 0.3) is 0 Å². The summed E-state index contributed by atoms with van der Waals surface area (Å²) in [5.74, 6) is 11.0. The van der Waals surface area contributed by atoms with Gasteiger partial charge < -0.3 is 5.43 Å². The Morgan fingerprint density at radius 3 is 2.70 bits per heavy atom. The van der Waals surface area contributed by atoms with E-state index in [9.17, 15) is 0 Å². The van der Waals surface area contributed by atoms with E-state index >= 15 is 0 Å². The second kappa shape index (κ2) is 6.31. The largest absolute Gasteiger partial charge is 0.308 e. The fourth-order valence-electron chi connectivity index (χ4n) is 3.49. The highest BCUT2D eigenvalue weighted by Gasteiger charge is 2.26. The zero-order valence-corrected chi connectivity index (χ0v) is 13.0. The van der Waals surface area contributed by atoms with E-state index in [-0.39, 0.29) is 0 Å². The minimum absolute atomic E-state index is 0.533. The van der Waals surface area contributed by atoms with E-state index in [0.29, 0.717) is 5.92 Å². The van der Waals surface area contributed by atoms with E-state index in [4.69, 9.17) is 15.8 Å². The van der Waals surface area contributed by atoms with Crippen LogP contribution in [0.4, 0.5) is 5.82 Å². The van der Waals surface area contributed by atoms with Crippen LogP contribution in [0.25, 0.3) is 0 Å². The molecule has 110 valence electrons. The molecule has 20 heavy (non-hydrogen) atoms. The van der Waals surface area contributed by atoms with Crippen molar-refractivity contribution < 1.29 is 0 Å². The van der Waals surface area contributed by atoms with Crippen molar-refractivity contribution in [3.05, 3.63) is 17.1 Å². The topological polar surface area (TPSA) is 63.8 Å². The SMILES string of the molecule is CCCC1CCC(c2nc3c(c(NN)n2)CSC3)CC1. The van der Waals surface area contributed by atoms with Gasteiger partial charge in [-0.3, -0.25) is 0 Å². The van der Waals surface area contributed by atoms with Gasteiger partial charge in [-0.1, -0.05) is 19.8 Å². The Bertz CT molecular complexity index is 469. The summed E-state index contributed by atoms with van der Waals surface area (Å²) in [7, 11) is 0. The number of nitrogen functional groups attached to an aromatic ring is 1. The zero-order valence-electron chi connectivity index (χ0n) is 12.2. The second-order valence-corrected chi connectivity index (χ2v) is 6.98. The Balaban J connectivity index is 1.75. The molecule has 0 unspecified atom stereocenters. The van der Waals surface area contributed by atoms with Crippen molar-refractivity contribution in [2.24, 2.45) is 11.8 Å². The number of rotatable bonds is 4. The molecule has 3 rings (SSSR count). The van der Waals surface area contributed by atoms with Crippen molar-refractivity contribution in [3.63, 3.8) is 0 Å². The predicted octanol–water partition coefficient (Wildman–Crippen LogP) is 3.58. The smallest absolute Gasteiger partial charge is 0.148 e. The summed E-state index contributed by atoms with van der Waals surface area (Å²) in [6.07, 6.45) is 7.83. The fourth-order valence-corrected chi connectivity index (χ4v) is 4.53. The summed E-state index contributed by atoms with van der Waals surface area (Å²) in [4.78, 5) is 9.53. The maximum atomic E-state index is 5.63. The summed E-state index contributed by atoms with van der Waals surface area (Å²) >= 11 is 1.90. The summed E-state index contributed by atoms with van der Waals surface area (Å²) in [6, 6.07) is 0. The van der Waals surface area contributed by atoms with Crippen LogP contribution in [0, 0.1) is 5.92 Å². The molecule has 1 aliphatic carbocycles. The lowest BCUT2D eigenvalue weighted by molar-refractivity contribution is 0.302. The van der Waals surface area contributed by atoms with E-state index in [0.717, 1.165) is 29.1 Å². The van der Waals surface area contributed by atoms with E-state index in [1.54, 1.807) is 0 Å². The van der Waals surface area contributed by atoms with Crippen LogP contribution in [-0.2, 0) is 11.5 Å². The van der Waals surface area contributed by atoms with Crippen LogP contribution < -0.4 is 11.3 Å². The van der Waals surface area contributed by atoms with Crippen LogP contribution in [0.3, 0.4) is 0 Å². The van der Waals surface area contributed by atoms with Gasteiger partial charge in [-0.05, 0) is 31.6 Å². The highest BCUT2D eigenvalue weighted by Crippen LogP contribution is 2.39. The van der Waals surface area contributed by atoms with Gasteiger partial charge in [-0.25, -0.2) is 15.8 Å². The quantitative estimate of drug-likeness (QED) is 0.656. The van der Waals surface area contributed by atoms with E-state index in [2.05, 4.69) is 12.3 Å². The Hall–Kier alpha value is -0.810. The molecule has 3 N–H and O–H groups in total. The van der Waals surface area contributed by atoms with Crippen molar-refractivity contribution in [1.82, 2.24) is 9.97 Å². The number of hydrogen-bond donors (Lipinski definition) is 2. The monoisotopic (exact) mass is 292 g/mol. The molecule has 0 spiro atoms. The second-order valence-electron chi connectivity index (χ2n) is 6.00. The van der Waals surface area contributed by atoms with E-state index < -0.39 is 0 Å². The molecule has 5 heteroatoms. The molecule has 4 nitrogen and oxygen atoms in total. The third-order valence-corrected chi connectivity index (χ3v) is 5.61. The third kappa shape index (κ3) is 2.79. The first-order chi connectivity index (χ1) is 9.81. The standard InChI is InChI=1S/C15H24N4S/c1-2-3-10-4-6-11(7-5-10)14-17-13-9-20-8-12(13)15(18-14)19-16/h10-11H,2-9,16H2,1H3,(H,17,18,19). The molecule has 0 aromatic carbocycles. The molecule has 0 atom stereocenters. The van der Waals surface area contributed by atoms with Crippen LogP contribution in [0.1, 0.15) is 68.4 Å². The Labute approximate surface area is 125 Å². The number of aromatic nitrogens is 2. The van der Waals surface area contributed by atoms with Gasteiger partial charge in [0, 0.05) is 23.0 Å². The van der Waals surface area contributed by atoms with Crippen LogP contribution >= 0.6 is 11.8 Å². The van der Waals surface area contributed by atoms with Gasteiger partial charge >= 0.3 is 0 Å². The van der Waals surface area contributed by atoms with Crippen molar-refractivity contribution in [2.75, 3.05) is 5.43 Å². The van der Waals surface area contributed by atoms with Crippen LogP contribution in [-0.4, -0.2) is 9.97 Å². The molecule has 0 bridgehead atoms. The van der Waals surface area contributed by atoms with Crippen LogP contribution in [0.2, 0.25) is 0 Å². The molecule has 2 aliphatic rings. The lowest BCUT2D eigenvalue weighted by Gasteiger charge is -2.27. The Kier molecular flexibility index (Phi) is 4.46. The summed E-state index contributed by atoms with van der Waals surface area (Å²) < 4.78 is 0. The summed E-state index contributed by atoms with van der Waals surface area (Å²) in [6.45, 7) is 2.28. The first-order valence-corrected chi connectivity index (χ1v) is 8.91. The molecule has 0 amide bonds. The zero-order chi connectivity index (χ0) is 13.9. The maximum absolute atomic E-state index is 5.63.